The fourth-order valence-corrected chi connectivity index (χ4v) is 2.64. The number of piperidine rings is 1. The van der Waals surface area contributed by atoms with Crippen molar-refractivity contribution in [2.24, 2.45) is 0 Å². The highest BCUT2D eigenvalue weighted by Gasteiger charge is 2.22. The van der Waals surface area contributed by atoms with Crippen LogP contribution >= 0.6 is 0 Å². The number of hydrogen-bond donors (Lipinski definition) is 0. The number of amides is 1. The van der Waals surface area contributed by atoms with Crippen molar-refractivity contribution in [2.75, 3.05) is 20.1 Å². The number of nitrogens with zero attached hydrogens (tertiary/aromatic N) is 2. The summed E-state index contributed by atoms with van der Waals surface area (Å²) in [7, 11) is 1.81. The maximum absolute atomic E-state index is 12.8. The maximum atomic E-state index is 12.8. The Morgan fingerprint density at radius 2 is 2.05 bits per heavy atom. The van der Waals surface area contributed by atoms with Crippen LogP contribution in [-0.4, -0.2) is 41.9 Å². The first-order chi connectivity index (χ1) is 9.56. The summed E-state index contributed by atoms with van der Waals surface area (Å²) in [4.78, 5) is 16.2. The molecule has 0 bridgehead atoms. The van der Waals surface area contributed by atoms with Gasteiger partial charge in [0.25, 0.3) is 0 Å². The van der Waals surface area contributed by atoms with Crippen molar-refractivity contribution in [1.82, 2.24) is 9.80 Å². The van der Waals surface area contributed by atoms with Gasteiger partial charge in [-0.05, 0) is 44.0 Å². The van der Waals surface area contributed by atoms with Crippen LogP contribution in [-0.2, 0) is 11.3 Å². The van der Waals surface area contributed by atoms with E-state index >= 15 is 0 Å². The Morgan fingerprint density at radius 3 is 2.70 bits per heavy atom. The van der Waals surface area contributed by atoms with Crippen LogP contribution in [0.5, 0.6) is 0 Å². The van der Waals surface area contributed by atoms with Gasteiger partial charge in [0.1, 0.15) is 5.82 Å². The van der Waals surface area contributed by atoms with Crippen molar-refractivity contribution in [1.29, 1.82) is 0 Å². The van der Waals surface area contributed by atoms with Crippen LogP contribution in [0.1, 0.15) is 31.7 Å². The standard InChI is InChI=1S/C16H23FN2O/c1-13-5-3-4-10-19(13)12-16(20)18(2)11-14-6-8-15(17)9-7-14/h6-9,13H,3-5,10-12H2,1-2H3. The molecule has 2 rings (SSSR count). The predicted molar refractivity (Wildman–Crippen MR) is 77.8 cm³/mol. The van der Waals surface area contributed by atoms with Crippen molar-refractivity contribution in [3.63, 3.8) is 0 Å². The summed E-state index contributed by atoms with van der Waals surface area (Å²) < 4.78 is 12.8. The number of likely N-dealkylation sites (N-methyl/N-ethyl adjacent to an activating group) is 1. The van der Waals surface area contributed by atoms with Gasteiger partial charge >= 0.3 is 0 Å². The third-order valence-electron chi connectivity index (χ3n) is 4.04. The zero-order valence-corrected chi connectivity index (χ0v) is 12.3. The van der Waals surface area contributed by atoms with Gasteiger partial charge in [0, 0.05) is 19.6 Å². The molecule has 1 aromatic carbocycles. The van der Waals surface area contributed by atoms with Crippen LogP contribution in [0.25, 0.3) is 0 Å². The first-order valence-electron chi connectivity index (χ1n) is 7.28. The summed E-state index contributed by atoms with van der Waals surface area (Å²) in [6, 6.07) is 6.80. The van der Waals surface area contributed by atoms with Crippen molar-refractivity contribution < 1.29 is 9.18 Å². The average molecular weight is 278 g/mol. The second kappa shape index (κ2) is 6.84. The van der Waals surface area contributed by atoms with Crippen LogP contribution in [0.4, 0.5) is 4.39 Å². The van der Waals surface area contributed by atoms with Gasteiger partial charge < -0.3 is 4.90 Å². The zero-order valence-electron chi connectivity index (χ0n) is 12.3. The molecular weight excluding hydrogens is 255 g/mol. The molecule has 0 aliphatic carbocycles. The lowest BCUT2D eigenvalue weighted by atomic mass is 10.0. The Kier molecular flexibility index (Phi) is 5.12. The number of carbonyl (C=O) groups excluding carboxylic acids is 1. The SMILES string of the molecule is CC1CCCCN1CC(=O)N(C)Cc1ccc(F)cc1. The van der Waals surface area contributed by atoms with E-state index in [1.165, 1.54) is 31.4 Å². The first kappa shape index (κ1) is 15.0. The predicted octanol–water partition coefficient (Wildman–Crippen LogP) is 2.66. The van der Waals surface area contributed by atoms with Gasteiger partial charge in [0.2, 0.25) is 5.91 Å². The molecule has 1 saturated heterocycles. The van der Waals surface area contributed by atoms with Crippen molar-refractivity contribution in [2.45, 2.75) is 38.8 Å². The van der Waals surface area contributed by atoms with E-state index in [1.54, 1.807) is 24.1 Å². The Labute approximate surface area is 120 Å². The third kappa shape index (κ3) is 4.04. The largest absolute Gasteiger partial charge is 0.340 e. The second-order valence-electron chi connectivity index (χ2n) is 5.69. The summed E-state index contributed by atoms with van der Waals surface area (Å²) in [6.45, 7) is 4.21. The third-order valence-corrected chi connectivity index (χ3v) is 4.04. The minimum atomic E-state index is -0.245. The normalized spacial score (nSPS) is 19.9. The molecule has 4 heteroatoms. The number of hydrogen-bond acceptors (Lipinski definition) is 2. The summed E-state index contributed by atoms with van der Waals surface area (Å²) >= 11 is 0. The lowest BCUT2D eigenvalue weighted by Gasteiger charge is -2.33. The lowest BCUT2D eigenvalue weighted by Crippen LogP contribution is -2.44. The monoisotopic (exact) mass is 278 g/mol. The fourth-order valence-electron chi connectivity index (χ4n) is 2.64. The number of rotatable bonds is 4. The van der Waals surface area contributed by atoms with E-state index < -0.39 is 0 Å². The Balaban J connectivity index is 1.86. The molecule has 0 N–H and O–H groups in total. The van der Waals surface area contributed by atoms with Gasteiger partial charge in [0.15, 0.2) is 0 Å². The molecule has 20 heavy (non-hydrogen) atoms. The average Bonchev–Trinajstić information content (AvgIpc) is 2.44. The van der Waals surface area contributed by atoms with E-state index in [2.05, 4.69) is 11.8 Å². The first-order valence-corrected chi connectivity index (χ1v) is 7.28. The Hall–Kier alpha value is -1.42. The van der Waals surface area contributed by atoms with Crippen molar-refractivity contribution in [3.8, 4) is 0 Å². The molecule has 1 aliphatic rings. The molecule has 110 valence electrons. The highest BCUT2D eigenvalue weighted by Crippen LogP contribution is 2.16. The fraction of sp³-hybridized carbons (Fsp3) is 0.562. The van der Waals surface area contributed by atoms with Crippen LogP contribution < -0.4 is 0 Å². The van der Waals surface area contributed by atoms with Crippen LogP contribution in [0, 0.1) is 5.82 Å². The minimum Gasteiger partial charge on any atom is -0.340 e. The van der Waals surface area contributed by atoms with Gasteiger partial charge in [-0.25, -0.2) is 4.39 Å². The zero-order chi connectivity index (χ0) is 14.5. The highest BCUT2D eigenvalue weighted by molar-refractivity contribution is 5.78. The van der Waals surface area contributed by atoms with Crippen LogP contribution in [0.3, 0.4) is 0 Å². The van der Waals surface area contributed by atoms with E-state index in [1.807, 2.05) is 0 Å². The molecule has 1 fully saturated rings. The van der Waals surface area contributed by atoms with Crippen LogP contribution in [0.15, 0.2) is 24.3 Å². The topological polar surface area (TPSA) is 23.6 Å². The van der Waals surface area contributed by atoms with Crippen LogP contribution in [0.2, 0.25) is 0 Å². The molecule has 1 unspecified atom stereocenters. The maximum Gasteiger partial charge on any atom is 0.236 e. The summed E-state index contributed by atoms with van der Waals surface area (Å²) in [5.74, 6) is -0.118. The quantitative estimate of drug-likeness (QED) is 0.845. The van der Waals surface area contributed by atoms with Crippen molar-refractivity contribution >= 4 is 5.91 Å². The van der Waals surface area contributed by atoms with E-state index in [-0.39, 0.29) is 11.7 Å². The Bertz CT molecular complexity index is 446. The van der Waals surface area contributed by atoms with Gasteiger partial charge in [-0.2, -0.15) is 0 Å². The molecule has 1 atom stereocenters. The van der Waals surface area contributed by atoms with Gasteiger partial charge in [-0.3, -0.25) is 9.69 Å². The molecule has 1 heterocycles. The number of likely N-dealkylation sites (tertiary alicyclic amines) is 1. The molecule has 0 saturated carbocycles. The minimum absolute atomic E-state index is 0.128. The van der Waals surface area contributed by atoms with Gasteiger partial charge in [0.05, 0.1) is 6.54 Å². The van der Waals surface area contributed by atoms with E-state index in [4.69, 9.17) is 0 Å². The van der Waals surface area contributed by atoms with Crippen molar-refractivity contribution in [3.05, 3.63) is 35.6 Å². The Morgan fingerprint density at radius 1 is 1.35 bits per heavy atom. The van der Waals surface area contributed by atoms with E-state index in [0.29, 0.717) is 19.1 Å². The molecule has 0 radical (unpaired) electrons. The molecule has 1 aromatic rings. The summed E-state index contributed by atoms with van der Waals surface area (Å²) in [5, 5.41) is 0. The molecular formula is C16H23FN2O. The number of halogens is 1. The lowest BCUT2D eigenvalue weighted by molar-refractivity contribution is -0.132. The summed E-state index contributed by atoms with van der Waals surface area (Å²) in [6.07, 6.45) is 3.62. The smallest absolute Gasteiger partial charge is 0.236 e. The molecule has 3 nitrogen and oxygen atoms in total. The highest BCUT2D eigenvalue weighted by atomic mass is 19.1. The number of benzene rings is 1. The molecule has 0 spiro atoms. The number of carbonyl (C=O) groups is 1. The van der Waals surface area contributed by atoms with E-state index in [0.717, 1.165) is 12.1 Å². The van der Waals surface area contributed by atoms with E-state index in [9.17, 15) is 9.18 Å². The van der Waals surface area contributed by atoms with Gasteiger partial charge in [-0.15, -0.1) is 0 Å². The molecule has 0 aromatic heterocycles. The molecule has 1 amide bonds. The second-order valence-corrected chi connectivity index (χ2v) is 5.69. The van der Waals surface area contributed by atoms with Gasteiger partial charge in [-0.1, -0.05) is 18.6 Å². The molecule has 1 aliphatic heterocycles. The summed E-state index contributed by atoms with van der Waals surface area (Å²) in [5.41, 5.74) is 0.953.